The lowest BCUT2D eigenvalue weighted by Crippen LogP contribution is -2.42. The van der Waals surface area contributed by atoms with Crippen molar-refractivity contribution in [2.45, 2.75) is 49.3 Å². The van der Waals surface area contributed by atoms with E-state index in [0.29, 0.717) is 24.5 Å². The van der Waals surface area contributed by atoms with E-state index in [0.717, 1.165) is 29.7 Å². The summed E-state index contributed by atoms with van der Waals surface area (Å²) < 4.78 is 39.2. The number of carbonyl (C=O) groups is 2. The highest BCUT2D eigenvalue weighted by molar-refractivity contribution is 7.89. The van der Waals surface area contributed by atoms with Gasteiger partial charge in [-0.05, 0) is 59.9 Å². The van der Waals surface area contributed by atoms with E-state index in [1.807, 2.05) is 54.6 Å². The van der Waals surface area contributed by atoms with Crippen LogP contribution in [0.25, 0.3) is 0 Å². The number of aliphatic carboxylic acids is 1. The summed E-state index contributed by atoms with van der Waals surface area (Å²) in [5, 5.41) is 9.70. The Morgan fingerprint density at radius 2 is 1.62 bits per heavy atom. The fourth-order valence-electron chi connectivity index (χ4n) is 5.02. The molecule has 9 nitrogen and oxygen atoms in total. The van der Waals surface area contributed by atoms with Gasteiger partial charge in [0.2, 0.25) is 15.9 Å². The number of carbonyl (C=O) groups excluding carboxylic acids is 1. The smallest absolute Gasteiger partial charge is 0.322 e. The maximum Gasteiger partial charge on any atom is 0.322 e. The Balaban J connectivity index is 1.19. The zero-order valence-corrected chi connectivity index (χ0v) is 23.7. The summed E-state index contributed by atoms with van der Waals surface area (Å²) >= 11 is 0. The van der Waals surface area contributed by atoms with Crippen molar-refractivity contribution < 1.29 is 32.3 Å². The van der Waals surface area contributed by atoms with E-state index < -0.39 is 22.0 Å². The zero-order valence-electron chi connectivity index (χ0n) is 22.9. The zero-order chi connectivity index (χ0) is 29.5. The number of ether oxygens (including phenoxy) is 1. The van der Waals surface area contributed by atoms with E-state index in [9.17, 15) is 23.1 Å². The fourth-order valence-corrected chi connectivity index (χ4v) is 6.23. The van der Waals surface area contributed by atoms with Crippen LogP contribution in [0, 0.1) is 0 Å². The monoisotopic (exact) mass is 588 g/mol. The number of amides is 1. The topological polar surface area (TPSA) is 126 Å². The Morgan fingerprint density at radius 1 is 0.952 bits per heavy atom. The molecule has 10 heteroatoms. The fraction of sp³-hybridized carbons (Fsp3) is 0.250. The van der Waals surface area contributed by atoms with E-state index in [4.69, 9.17) is 9.15 Å². The Hall–Kier alpha value is -4.41. The normalized spacial score (nSPS) is 15.8. The molecule has 2 unspecified atom stereocenters. The number of furan rings is 1. The van der Waals surface area contributed by atoms with Gasteiger partial charge in [-0.15, -0.1) is 0 Å². The number of sulfonamides is 1. The van der Waals surface area contributed by atoms with Crippen LogP contribution < -0.4 is 9.46 Å². The minimum atomic E-state index is -4.02. The summed E-state index contributed by atoms with van der Waals surface area (Å²) in [4.78, 5) is 26.9. The molecule has 2 atom stereocenters. The predicted octanol–water partition coefficient (Wildman–Crippen LogP) is 4.74. The standard InChI is InChI=1S/C32H32N2O7S/c35-31(20-23-13-15-24(16-14-23)21-40-26-8-3-1-4-9-26)34-17-7-12-29(34)30-19-25(22-41-30)18-28(32(36)37)33-42(38,39)27-10-5-2-6-11-27/h1-6,8-11,13-16,19,22,28-29,33H,7,12,17-18,20-21H2,(H,36,37). The molecule has 3 aromatic carbocycles. The molecule has 2 heterocycles. The second-order valence-electron chi connectivity index (χ2n) is 10.2. The first kappa shape index (κ1) is 29.1. The molecule has 1 amide bonds. The van der Waals surface area contributed by atoms with Crippen molar-refractivity contribution in [2.75, 3.05) is 6.54 Å². The molecule has 218 valence electrons. The number of nitrogens with one attached hydrogen (secondary N) is 1. The molecule has 0 spiro atoms. The molecule has 0 bridgehead atoms. The number of hydrogen-bond donors (Lipinski definition) is 2. The number of carboxylic acid groups (broad SMARTS) is 1. The van der Waals surface area contributed by atoms with Gasteiger partial charge in [0.05, 0.1) is 23.6 Å². The van der Waals surface area contributed by atoms with Crippen LogP contribution in [0.15, 0.2) is 107 Å². The van der Waals surface area contributed by atoms with E-state index in [2.05, 4.69) is 4.72 Å². The van der Waals surface area contributed by atoms with Crippen molar-refractivity contribution in [1.82, 2.24) is 9.62 Å². The van der Waals surface area contributed by atoms with Crippen molar-refractivity contribution in [3.63, 3.8) is 0 Å². The lowest BCUT2D eigenvalue weighted by atomic mass is 10.1. The summed E-state index contributed by atoms with van der Waals surface area (Å²) in [6, 6.07) is 25.0. The summed E-state index contributed by atoms with van der Waals surface area (Å²) in [6.07, 6.45) is 3.10. The van der Waals surface area contributed by atoms with Crippen LogP contribution in [-0.4, -0.2) is 42.9 Å². The number of hydrogen-bond acceptors (Lipinski definition) is 6. The van der Waals surface area contributed by atoms with Crippen LogP contribution in [0.5, 0.6) is 5.75 Å². The third kappa shape index (κ3) is 7.26. The lowest BCUT2D eigenvalue weighted by molar-refractivity contribution is -0.139. The Morgan fingerprint density at radius 3 is 2.31 bits per heavy atom. The number of nitrogens with zero attached hydrogens (tertiary/aromatic N) is 1. The van der Waals surface area contributed by atoms with Crippen LogP contribution >= 0.6 is 0 Å². The van der Waals surface area contributed by atoms with Gasteiger partial charge in [0.1, 0.15) is 24.2 Å². The number of para-hydroxylation sites is 1. The maximum absolute atomic E-state index is 13.3. The maximum atomic E-state index is 13.3. The van der Waals surface area contributed by atoms with Gasteiger partial charge >= 0.3 is 5.97 Å². The third-order valence-electron chi connectivity index (χ3n) is 7.19. The van der Waals surface area contributed by atoms with Crippen molar-refractivity contribution in [3.8, 4) is 5.75 Å². The first-order valence-electron chi connectivity index (χ1n) is 13.7. The molecular formula is C32H32N2O7S. The van der Waals surface area contributed by atoms with Crippen LogP contribution in [0.4, 0.5) is 0 Å². The van der Waals surface area contributed by atoms with E-state index in [-0.39, 0.29) is 29.7 Å². The molecule has 1 aromatic heterocycles. The largest absolute Gasteiger partial charge is 0.489 e. The van der Waals surface area contributed by atoms with Crippen LogP contribution in [-0.2, 0) is 39.1 Å². The number of rotatable bonds is 12. The summed E-state index contributed by atoms with van der Waals surface area (Å²) in [6.45, 7) is 1.03. The van der Waals surface area contributed by atoms with Crippen LogP contribution in [0.1, 0.15) is 41.3 Å². The molecule has 5 rings (SSSR count). The molecule has 1 aliphatic rings. The van der Waals surface area contributed by atoms with Gasteiger partial charge in [0.25, 0.3) is 0 Å². The average Bonchev–Trinajstić information content (AvgIpc) is 3.67. The van der Waals surface area contributed by atoms with Gasteiger partial charge < -0.3 is 19.2 Å². The molecule has 1 saturated heterocycles. The van der Waals surface area contributed by atoms with Crippen LogP contribution in [0.3, 0.4) is 0 Å². The number of carboxylic acids is 1. The molecule has 0 aliphatic carbocycles. The average molecular weight is 589 g/mol. The number of likely N-dealkylation sites (tertiary alicyclic amines) is 1. The molecule has 0 radical (unpaired) electrons. The molecule has 1 fully saturated rings. The highest BCUT2D eigenvalue weighted by atomic mass is 32.2. The van der Waals surface area contributed by atoms with Crippen molar-refractivity contribution in [2.24, 2.45) is 0 Å². The van der Waals surface area contributed by atoms with Crippen molar-refractivity contribution in [1.29, 1.82) is 0 Å². The predicted molar refractivity (Wildman–Crippen MR) is 155 cm³/mol. The highest BCUT2D eigenvalue weighted by Gasteiger charge is 2.33. The first-order chi connectivity index (χ1) is 20.3. The Labute approximate surface area is 244 Å². The van der Waals surface area contributed by atoms with Gasteiger partial charge in [-0.1, -0.05) is 60.7 Å². The third-order valence-corrected chi connectivity index (χ3v) is 8.68. The van der Waals surface area contributed by atoms with Gasteiger partial charge in [0, 0.05) is 13.0 Å². The summed E-state index contributed by atoms with van der Waals surface area (Å²) in [5.41, 5.74) is 2.42. The molecule has 1 aliphatic heterocycles. The quantitative estimate of drug-likeness (QED) is 0.245. The summed E-state index contributed by atoms with van der Waals surface area (Å²) in [5.74, 6) is 0.0273. The second-order valence-corrected chi connectivity index (χ2v) is 11.9. The van der Waals surface area contributed by atoms with Gasteiger partial charge in [-0.3, -0.25) is 9.59 Å². The minimum Gasteiger partial charge on any atom is -0.489 e. The Kier molecular flexibility index (Phi) is 9.04. The van der Waals surface area contributed by atoms with Crippen LogP contribution in [0.2, 0.25) is 0 Å². The van der Waals surface area contributed by atoms with Gasteiger partial charge in [-0.25, -0.2) is 8.42 Å². The lowest BCUT2D eigenvalue weighted by Gasteiger charge is -2.23. The van der Waals surface area contributed by atoms with E-state index >= 15 is 0 Å². The molecule has 42 heavy (non-hydrogen) atoms. The highest BCUT2D eigenvalue weighted by Crippen LogP contribution is 2.34. The van der Waals surface area contributed by atoms with Crippen molar-refractivity contribution in [3.05, 3.63) is 120 Å². The van der Waals surface area contributed by atoms with Crippen molar-refractivity contribution >= 4 is 21.9 Å². The van der Waals surface area contributed by atoms with Gasteiger partial charge in [-0.2, -0.15) is 4.72 Å². The van der Waals surface area contributed by atoms with E-state index in [1.165, 1.54) is 18.4 Å². The van der Waals surface area contributed by atoms with Gasteiger partial charge in [0.15, 0.2) is 0 Å². The molecule has 4 aromatic rings. The Bertz CT molecular complexity index is 1600. The molecular weight excluding hydrogens is 556 g/mol. The summed E-state index contributed by atoms with van der Waals surface area (Å²) in [7, 11) is -4.02. The van der Waals surface area contributed by atoms with E-state index in [1.54, 1.807) is 29.2 Å². The SMILES string of the molecule is O=C(O)C(Cc1coc(C2CCCN2C(=O)Cc2ccc(COc3ccccc3)cc2)c1)NS(=O)(=O)c1ccccc1. The second kappa shape index (κ2) is 13.1. The molecule has 2 N–H and O–H groups in total. The number of benzene rings is 3. The first-order valence-corrected chi connectivity index (χ1v) is 15.2. The molecule has 0 saturated carbocycles. The minimum absolute atomic E-state index is 0.0144.